The molecule has 0 radical (unpaired) electrons. The van der Waals surface area contributed by atoms with Crippen LogP contribution in [0.5, 0.6) is 0 Å². The first-order valence-corrected chi connectivity index (χ1v) is 7.43. The molecule has 0 bridgehead atoms. The predicted octanol–water partition coefficient (Wildman–Crippen LogP) is 3.67. The Hall–Kier alpha value is -2.53. The van der Waals surface area contributed by atoms with Crippen molar-refractivity contribution in [3.05, 3.63) is 53.3 Å². The fraction of sp³-hybridized carbons (Fsp3) is 0.222. The molecule has 3 rings (SSSR count). The number of Topliss-reactive ketones (excluding diaryl/α,β-unsaturated/α-hetero) is 1. The molecule has 3 aromatic rings. The Labute approximate surface area is 133 Å². The molecule has 118 valence electrons. The number of benzene rings is 2. The SMILES string of the molecule is CC(C)c1ccc(-c2nc3cc(C(=O)CO)c(F)cc3[nH]2)cc1. The van der Waals surface area contributed by atoms with Crippen LogP contribution in [0.2, 0.25) is 0 Å². The number of carbonyl (C=O) groups excluding carboxylic acids is 1. The van der Waals surface area contributed by atoms with Gasteiger partial charge in [0, 0.05) is 11.6 Å². The van der Waals surface area contributed by atoms with Crippen molar-refractivity contribution in [2.45, 2.75) is 19.8 Å². The van der Waals surface area contributed by atoms with Crippen LogP contribution in [0.4, 0.5) is 4.39 Å². The number of aromatic amines is 1. The summed E-state index contributed by atoms with van der Waals surface area (Å²) in [6.07, 6.45) is 0. The second-order valence-electron chi connectivity index (χ2n) is 5.79. The first-order valence-electron chi connectivity index (χ1n) is 7.43. The molecule has 1 heterocycles. The molecule has 0 amide bonds. The summed E-state index contributed by atoms with van der Waals surface area (Å²) in [5.74, 6) is -0.263. The van der Waals surface area contributed by atoms with Crippen LogP contribution in [0.15, 0.2) is 36.4 Å². The van der Waals surface area contributed by atoms with Gasteiger partial charge in [0.15, 0.2) is 5.78 Å². The van der Waals surface area contributed by atoms with E-state index in [0.717, 1.165) is 5.56 Å². The Morgan fingerprint density at radius 1 is 1.26 bits per heavy atom. The van der Waals surface area contributed by atoms with E-state index in [0.29, 0.717) is 22.8 Å². The second kappa shape index (κ2) is 5.93. The number of nitrogens with zero attached hydrogens (tertiary/aromatic N) is 1. The quantitative estimate of drug-likeness (QED) is 0.722. The zero-order valence-electron chi connectivity index (χ0n) is 12.9. The fourth-order valence-electron chi connectivity index (χ4n) is 2.49. The van der Waals surface area contributed by atoms with Crippen LogP contribution in [0.1, 0.15) is 35.7 Å². The van der Waals surface area contributed by atoms with Crippen molar-refractivity contribution < 1.29 is 14.3 Å². The van der Waals surface area contributed by atoms with Gasteiger partial charge in [-0.3, -0.25) is 4.79 Å². The van der Waals surface area contributed by atoms with E-state index in [1.165, 1.54) is 17.7 Å². The lowest BCUT2D eigenvalue weighted by Gasteiger charge is -2.05. The number of rotatable bonds is 4. The third-order valence-corrected chi connectivity index (χ3v) is 3.87. The summed E-state index contributed by atoms with van der Waals surface area (Å²) in [5.41, 5.74) is 2.98. The van der Waals surface area contributed by atoms with Gasteiger partial charge in [0.25, 0.3) is 0 Å². The molecule has 0 unspecified atom stereocenters. The zero-order valence-corrected chi connectivity index (χ0v) is 12.9. The number of halogens is 1. The molecule has 0 saturated heterocycles. The third-order valence-electron chi connectivity index (χ3n) is 3.87. The van der Waals surface area contributed by atoms with Gasteiger partial charge < -0.3 is 10.1 Å². The van der Waals surface area contributed by atoms with Crippen LogP contribution in [0, 0.1) is 5.82 Å². The highest BCUT2D eigenvalue weighted by Gasteiger charge is 2.15. The van der Waals surface area contributed by atoms with E-state index in [2.05, 4.69) is 23.8 Å². The molecule has 2 N–H and O–H groups in total. The van der Waals surface area contributed by atoms with Crippen molar-refractivity contribution in [2.24, 2.45) is 0 Å². The number of H-pyrrole nitrogens is 1. The van der Waals surface area contributed by atoms with E-state index < -0.39 is 18.2 Å². The number of aromatic nitrogens is 2. The number of carbonyl (C=O) groups is 1. The highest BCUT2D eigenvalue weighted by Crippen LogP contribution is 2.25. The van der Waals surface area contributed by atoms with Gasteiger partial charge in [-0.05, 0) is 17.5 Å². The Kier molecular flexibility index (Phi) is 3.96. The van der Waals surface area contributed by atoms with Gasteiger partial charge in [0.05, 0.1) is 16.6 Å². The van der Waals surface area contributed by atoms with Gasteiger partial charge in [-0.1, -0.05) is 38.1 Å². The van der Waals surface area contributed by atoms with E-state index in [-0.39, 0.29) is 5.56 Å². The summed E-state index contributed by atoms with van der Waals surface area (Å²) in [4.78, 5) is 19.0. The van der Waals surface area contributed by atoms with Gasteiger partial charge in [0.2, 0.25) is 0 Å². The minimum Gasteiger partial charge on any atom is -0.388 e. The summed E-state index contributed by atoms with van der Waals surface area (Å²) in [6, 6.07) is 10.6. The Morgan fingerprint density at radius 2 is 1.96 bits per heavy atom. The number of imidazole rings is 1. The number of ketones is 1. The number of fused-ring (bicyclic) bond motifs is 1. The number of aliphatic hydroxyl groups excluding tert-OH is 1. The van der Waals surface area contributed by atoms with E-state index in [9.17, 15) is 9.18 Å². The van der Waals surface area contributed by atoms with Crippen molar-refractivity contribution in [3.8, 4) is 11.4 Å². The maximum absolute atomic E-state index is 13.9. The average molecular weight is 312 g/mol. The van der Waals surface area contributed by atoms with E-state index in [1.54, 1.807) is 0 Å². The molecule has 4 nitrogen and oxygen atoms in total. The molecule has 0 aliphatic carbocycles. The molecular formula is C18H17FN2O2. The van der Waals surface area contributed by atoms with Crippen molar-refractivity contribution in [2.75, 3.05) is 6.61 Å². The van der Waals surface area contributed by atoms with Crippen molar-refractivity contribution in [1.82, 2.24) is 9.97 Å². The van der Waals surface area contributed by atoms with Crippen LogP contribution < -0.4 is 0 Å². The van der Waals surface area contributed by atoms with Crippen LogP contribution >= 0.6 is 0 Å². The maximum Gasteiger partial charge on any atom is 0.191 e. The highest BCUT2D eigenvalue weighted by molar-refractivity contribution is 6.00. The Morgan fingerprint density at radius 3 is 2.57 bits per heavy atom. The minimum absolute atomic E-state index is 0.145. The molecule has 2 aromatic carbocycles. The highest BCUT2D eigenvalue weighted by atomic mass is 19.1. The molecule has 5 heteroatoms. The summed E-state index contributed by atoms with van der Waals surface area (Å²) >= 11 is 0. The Bertz CT molecular complexity index is 867. The molecule has 0 spiro atoms. The van der Waals surface area contributed by atoms with Crippen LogP contribution in [0.25, 0.3) is 22.4 Å². The lowest BCUT2D eigenvalue weighted by molar-refractivity contribution is 0.0900. The molecule has 1 aromatic heterocycles. The van der Waals surface area contributed by atoms with Crippen molar-refractivity contribution >= 4 is 16.8 Å². The molecule has 0 saturated carbocycles. The maximum atomic E-state index is 13.9. The first-order chi connectivity index (χ1) is 11.0. The summed E-state index contributed by atoms with van der Waals surface area (Å²) in [5, 5.41) is 8.89. The van der Waals surface area contributed by atoms with E-state index >= 15 is 0 Å². The Balaban J connectivity index is 2.04. The lowest BCUT2D eigenvalue weighted by atomic mass is 10.0. The minimum atomic E-state index is -0.726. The predicted molar refractivity (Wildman–Crippen MR) is 87.0 cm³/mol. The van der Waals surface area contributed by atoms with Gasteiger partial charge in [0.1, 0.15) is 18.2 Å². The molecule has 0 aliphatic heterocycles. The van der Waals surface area contributed by atoms with E-state index in [1.807, 2.05) is 24.3 Å². The third kappa shape index (κ3) is 2.87. The summed E-state index contributed by atoms with van der Waals surface area (Å²) in [6.45, 7) is 3.52. The zero-order chi connectivity index (χ0) is 16.6. The molecular weight excluding hydrogens is 295 g/mol. The van der Waals surface area contributed by atoms with E-state index in [4.69, 9.17) is 5.11 Å². The summed E-state index contributed by atoms with van der Waals surface area (Å²) < 4.78 is 13.9. The summed E-state index contributed by atoms with van der Waals surface area (Å²) in [7, 11) is 0. The standard InChI is InChI=1S/C18H17FN2O2/c1-10(2)11-3-5-12(6-4-11)18-20-15-7-13(17(23)9-22)14(19)8-16(15)21-18/h3-8,10,22H,9H2,1-2H3,(H,20,21). The van der Waals surface area contributed by atoms with Crippen LogP contribution in [-0.4, -0.2) is 27.5 Å². The van der Waals surface area contributed by atoms with Crippen molar-refractivity contribution in [1.29, 1.82) is 0 Å². The van der Waals surface area contributed by atoms with Gasteiger partial charge in [-0.15, -0.1) is 0 Å². The average Bonchev–Trinajstić information content (AvgIpc) is 2.96. The lowest BCUT2D eigenvalue weighted by Crippen LogP contribution is -2.06. The molecule has 23 heavy (non-hydrogen) atoms. The van der Waals surface area contributed by atoms with Crippen LogP contribution in [0.3, 0.4) is 0 Å². The molecule has 0 aliphatic rings. The topological polar surface area (TPSA) is 66.0 Å². The normalized spacial score (nSPS) is 11.3. The van der Waals surface area contributed by atoms with Crippen LogP contribution in [-0.2, 0) is 0 Å². The largest absolute Gasteiger partial charge is 0.388 e. The monoisotopic (exact) mass is 312 g/mol. The fourth-order valence-corrected chi connectivity index (χ4v) is 2.49. The van der Waals surface area contributed by atoms with Crippen molar-refractivity contribution in [3.63, 3.8) is 0 Å². The molecule has 0 atom stereocenters. The number of nitrogens with one attached hydrogen (secondary N) is 1. The second-order valence-corrected chi connectivity index (χ2v) is 5.79. The van der Waals surface area contributed by atoms with Gasteiger partial charge in [-0.25, -0.2) is 9.37 Å². The molecule has 0 fully saturated rings. The first kappa shape index (κ1) is 15.4. The number of hydrogen-bond acceptors (Lipinski definition) is 3. The number of hydrogen-bond donors (Lipinski definition) is 2. The van der Waals surface area contributed by atoms with Gasteiger partial charge in [-0.2, -0.15) is 0 Å². The van der Waals surface area contributed by atoms with Gasteiger partial charge >= 0.3 is 0 Å². The number of aliphatic hydroxyl groups is 1. The smallest absolute Gasteiger partial charge is 0.191 e.